The van der Waals surface area contributed by atoms with Gasteiger partial charge in [0, 0.05) is 26.7 Å². The highest BCUT2D eigenvalue weighted by atomic mass is 35.5. The van der Waals surface area contributed by atoms with Crippen molar-refractivity contribution in [3.8, 4) is 0 Å². The molecule has 2 saturated heterocycles. The third-order valence-electron chi connectivity index (χ3n) is 4.23. The SMILES string of the molecule is COCC(N)C(=O)N1CCC(CN2CCCCC2)C1.Cl.Cl. The second-order valence-electron chi connectivity index (χ2n) is 5.86. The summed E-state index contributed by atoms with van der Waals surface area (Å²) < 4.78 is 4.95. The van der Waals surface area contributed by atoms with Crippen LogP contribution in [-0.4, -0.2) is 68.2 Å². The van der Waals surface area contributed by atoms with E-state index < -0.39 is 6.04 Å². The maximum atomic E-state index is 12.1. The lowest BCUT2D eigenvalue weighted by Gasteiger charge is -2.29. The van der Waals surface area contributed by atoms with Gasteiger partial charge in [-0.25, -0.2) is 0 Å². The summed E-state index contributed by atoms with van der Waals surface area (Å²) in [5.74, 6) is 0.666. The van der Waals surface area contributed by atoms with Crippen molar-refractivity contribution in [2.45, 2.75) is 31.7 Å². The zero-order valence-electron chi connectivity index (χ0n) is 12.8. The molecule has 0 bridgehead atoms. The predicted octanol–water partition coefficient (Wildman–Crippen LogP) is 1.14. The molecule has 0 saturated carbocycles. The van der Waals surface area contributed by atoms with Crippen molar-refractivity contribution in [1.82, 2.24) is 9.80 Å². The number of ether oxygens (including phenoxy) is 1. The highest BCUT2D eigenvalue weighted by Crippen LogP contribution is 2.20. The molecule has 2 fully saturated rings. The van der Waals surface area contributed by atoms with Crippen LogP contribution in [0.5, 0.6) is 0 Å². The van der Waals surface area contributed by atoms with Gasteiger partial charge in [-0.3, -0.25) is 4.79 Å². The van der Waals surface area contributed by atoms with E-state index in [9.17, 15) is 4.79 Å². The topological polar surface area (TPSA) is 58.8 Å². The van der Waals surface area contributed by atoms with E-state index in [2.05, 4.69) is 4.90 Å². The molecule has 0 aromatic rings. The Labute approximate surface area is 140 Å². The predicted molar refractivity (Wildman–Crippen MR) is 89.3 cm³/mol. The number of amides is 1. The first-order valence-corrected chi connectivity index (χ1v) is 7.46. The van der Waals surface area contributed by atoms with E-state index in [4.69, 9.17) is 10.5 Å². The van der Waals surface area contributed by atoms with Gasteiger partial charge in [0.05, 0.1) is 6.61 Å². The van der Waals surface area contributed by atoms with Gasteiger partial charge >= 0.3 is 0 Å². The van der Waals surface area contributed by atoms with Crippen LogP contribution in [0.4, 0.5) is 0 Å². The molecule has 0 aromatic heterocycles. The zero-order chi connectivity index (χ0) is 13.7. The Kier molecular flexibility index (Phi) is 10.6. The maximum Gasteiger partial charge on any atom is 0.241 e. The van der Waals surface area contributed by atoms with Crippen LogP contribution in [0.2, 0.25) is 0 Å². The van der Waals surface area contributed by atoms with Crippen molar-refractivity contribution in [2.24, 2.45) is 11.7 Å². The maximum absolute atomic E-state index is 12.1. The summed E-state index contributed by atoms with van der Waals surface area (Å²) in [5, 5.41) is 0. The number of carbonyl (C=O) groups is 1. The summed E-state index contributed by atoms with van der Waals surface area (Å²) >= 11 is 0. The second kappa shape index (κ2) is 10.6. The molecule has 2 unspecified atom stereocenters. The third-order valence-corrected chi connectivity index (χ3v) is 4.23. The summed E-state index contributed by atoms with van der Waals surface area (Å²) in [7, 11) is 1.58. The Hall–Kier alpha value is -0.0700. The smallest absolute Gasteiger partial charge is 0.241 e. The molecule has 2 N–H and O–H groups in total. The van der Waals surface area contributed by atoms with Crippen molar-refractivity contribution in [1.29, 1.82) is 0 Å². The number of likely N-dealkylation sites (tertiary alicyclic amines) is 2. The van der Waals surface area contributed by atoms with Gasteiger partial charge in [-0.2, -0.15) is 0 Å². The van der Waals surface area contributed by atoms with Crippen LogP contribution in [0.3, 0.4) is 0 Å². The monoisotopic (exact) mass is 341 g/mol. The van der Waals surface area contributed by atoms with Crippen LogP contribution in [0.1, 0.15) is 25.7 Å². The highest BCUT2D eigenvalue weighted by Gasteiger charge is 2.30. The average Bonchev–Trinajstić information content (AvgIpc) is 2.88. The van der Waals surface area contributed by atoms with Crippen LogP contribution in [0.15, 0.2) is 0 Å². The van der Waals surface area contributed by atoms with E-state index in [1.807, 2.05) is 4.90 Å². The molecule has 21 heavy (non-hydrogen) atoms. The van der Waals surface area contributed by atoms with Crippen molar-refractivity contribution < 1.29 is 9.53 Å². The first-order valence-electron chi connectivity index (χ1n) is 7.46. The summed E-state index contributed by atoms with van der Waals surface area (Å²) in [6.07, 6.45) is 5.14. The minimum atomic E-state index is -0.501. The van der Waals surface area contributed by atoms with Gasteiger partial charge in [-0.05, 0) is 38.3 Å². The van der Waals surface area contributed by atoms with Gasteiger partial charge in [0.2, 0.25) is 5.91 Å². The van der Waals surface area contributed by atoms with Gasteiger partial charge in [0.25, 0.3) is 0 Å². The minimum absolute atomic E-state index is 0. The highest BCUT2D eigenvalue weighted by molar-refractivity contribution is 5.85. The van der Waals surface area contributed by atoms with E-state index in [-0.39, 0.29) is 30.7 Å². The van der Waals surface area contributed by atoms with E-state index in [0.717, 1.165) is 26.1 Å². The lowest BCUT2D eigenvalue weighted by atomic mass is 10.1. The lowest BCUT2D eigenvalue weighted by molar-refractivity contribution is -0.132. The first kappa shape index (κ1) is 20.9. The summed E-state index contributed by atoms with van der Waals surface area (Å²) in [6.45, 7) is 5.64. The first-order chi connectivity index (χ1) is 9.20. The van der Waals surface area contributed by atoms with Crippen molar-refractivity contribution in [3.63, 3.8) is 0 Å². The Balaban J connectivity index is 0.00000200. The van der Waals surface area contributed by atoms with Crippen LogP contribution in [0.25, 0.3) is 0 Å². The Bertz CT molecular complexity index is 302. The Morgan fingerprint density at radius 2 is 1.90 bits per heavy atom. The van der Waals surface area contributed by atoms with Gasteiger partial charge in [0.1, 0.15) is 6.04 Å². The standard InChI is InChI=1S/C14H27N3O2.2ClH/c1-19-11-13(15)14(18)17-8-5-12(10-17)9-16-6-3-2-4-7-16;;/h12-13H,2-11,15H2,1H3;2*1H. The van der Waals surface area contributed by atoms with Crippen LogP contribution >= 0.6 is 24.8 Å². The van der Waals surface area contributed by atoms with E-state index >= 15 is 0 Å². The fourth-order valence-electron chi connectivity index (χ4n) is 3.17. The van der Waals surface area contributed by atoms with E-state index in [1.54, 1.807) is 7.11 Å². The Morgan fingerprint density at radius 1 is 1.24 bits per heavy atom. The summed E-state index contributed by atoms with van der Waals surface area (Å²) in [6, 6.07) is -0.501. The molecular formula is C14H29Cl2N3O2. The van der Waals surface area contributed by atoms with Gasteiger partial charge in [-0.15, -0.1) is 24.8 Å². The second-order valence-corrected chi connectivity index (χ2v) is 5.86. The van der Waals surface area contributed by atoms with Gasteiger partial charge in [0.15, 0.2) is 0 Å². The van der Waals surface area contributed by atoms with Crippen molar-refractivity contribution in [2.75, 3.05) is 46.4 Å². The number of carbonyl (C=O) groups excluding carboxylic acids is 1. The number of nitrogens with zero attached hydrogens (tertiary/aromatic N) is 2. The molecule has 2 aliphatic heterocycles. The molecule has 2 heterocycles. The van der Waals surface area contributed by atoms with E-state index in [0.29, 0.717) is 12.5 Å². The molecule has 2 atom stereocenters. The van der Waals surface area contributed by atoms with Crippen molar-refractivity contribution >= 4 is 30.7 Å². The van der Waals surface area contributed by atoms with Gasteiger partial charge < -0.3 is 20.3 Å². The molecule has 7 heteroatoms. The average molecular weight is 342 g/mol. The number of hydrogen-bond acceptors (Lipinski definition) is 4. The number of rotatable bonds is 5. The van der Waals surface area contributed by atoms with Crippen molar-refractivity contribution in [3.05, 3.63) is 0 Å². The molecule has 2 rings (SSSR count). The number of nitrogens with two attached hydrogens (primary N) is 1. The fraction of sp³-hybridized carbons (Fsp3) is 0.929. The molecule has 1 amide bonds. The number of methoxy groups -OCH3 is 1. The number of halogens is 2. The fourth-order valence-corrected chi connectivity index (χ4v) is 3.17. The molecule has 2 aliphatic rings. The van der Waals surface area contributed by atoms with Crippen LogP contribution in [0, 0.1) is 5.92 Å². The lowest BCUT2D eigenvalue weighted by Crippen LogP contribution is -2.45. The van der Waals surface area contributed by atoms with Crippen LogP contribution in [-0.2, 0) is 9.53 Å². The Morgan fingerprint density at radius 3 is 2.52 bits per heavy atom. The molecule has 0 aliphatic carbocycles. The van der Waals surface area contributed by atoms with E-state index in [1.165, 1.54) is 32.4 Å². The molecule has 0 spiro atoms. The minimum Gasteiger partial charge on any atom is -0.383 e. The number of piperidine rings is 1. The number of hydrogen-bond donors (Lipinski definition) is 1. The largest absolute Gasteiger partial charge is 0.383 e. The quantitative estimate of drug-likeness (QED) is 0.814. The molecule has 5 nitrogen and oxygen atoms in total. The molecule has 0 aromatic carbocycles. The normalized spacial score (nSPS) is 24.1. The third kappa shape index (κ3) is 6.28. The van der Waals surface area contributed by atoms with Crippen LogP contribution < -0.4 is 5.73 Å². The summed E-state index contributed by atoms with van der Waals surface area (Å²) in [5.41, 5.74) is 5.81. The molecule has 126 valence electrons. The summed E-state index contributed by atoms with van der Waals surface area (Å²) in [4.78, 5) is 16.5. The zero-order valence-corrected chi connectivity index (χ0v) is 14.5. The molecule has 0 radical (unpaired) electrons. The molecular weight excluding hydrogens is 313 g/mol. The van der Waals surface area contributed by atoms with Gasteiger partial charge in [-0.1, -0.05) is 6.42 Å².